The van der Waals surface area contributed by atoms with Crippen molar-refractivity contribution < 1.29 is 9.90 Å². The van der Waals surface area contributed by atoms with E-state index >= 15 is 0 Å². The maximum absolute atomic E-state index is 11.5. The molecule has 2 rings (SSSR count). The van der Waals surface area contributed by atoms with Gasteiger partial charge in [0.2, 0.25) is 0 Å². The number of aromatic nitrogens is 2. The van der Waals surface area contributed by atoms with Crippen LogP contribution in [0.15, 0.2) is 0 Å². The number of carbonyl (C=O) groups is 1. The first-order valence-electron chi connectivity index (χ1n) is 5.34. The summed E-state index contributed by atoms with van der Waals surface area (Å²) in [5.74, 6) is -0.670. The predicted octanol–water partition coefficient (Wildman–Crippen LogP) is 2.36. The van der Waals surface area contributed by atoms with Crippen LogP contribution in [-0.2, 0) is 10.3 Å². The molecule has 0 bridgehead atoms. The second-order valence-corrected chi connectivity index (χ2v) is 5.00. The van der Waals surface area contributed by atoms with Crippen molar-refractivity contribution in [3.8, 4) is 0 Å². The van der Waals surface area contributed by atoms with E-state index in [2.05, 4.69) is 5.10 Å². The number of carboxylic acids is 1. The lowest BCUT2D eigenvalue weighted by molar-refractivity contribution is -0.148. The molecule has 4 nitrogen and oxygen atoms in total. The van der Waals surface area contributed by atoms with Gasteiger partial charge in [0.15, 0.2) is 5.54 Å². The highest BCUT2D eigenvalue weighted by atomic mass is 35.5. The van der Waals surface area contributed by atoms with Crippen molar-refractivity contribution in [1.29, 1.82) is 0 Å². The molecule has 0 saturated heterocycles. The van der Waals surface area contributed by atoms with Crippen molar-refractivity contribution in [2.24, 2.45) is 5.92 Å². The van der Waals surface area contributed by atoms with Gasteiger partial charge in [0.05, 0.1) is 16.4 Å². The number of halogens is 1. The number of rotatable bonds is 3. The fourth-order valence-electron chi connectivity index (χ4n) is 2.16. The molecule has 0 aromatic carbocycles. The fourth-order valence-corrected chi connectivity index (χ4v) is 2.28. The number of aliphatic carboxylic acids is 1. The van der Waals surface area contributed by atoms with Gasteiger partial charge in [0.25, 0.3) is 0 Å². The Morgan fingerprint density at radius 3 is 2.44 bits per heavy atom. The minimum Gasteiger partial charge on any atom is -0.479 e. The molecular formula is C11H15ClN2O2. The van der Waals surface area contributed by atoms with Crippen LogP contribution < -0.4 is 0 Å². The zero-order chi connectivity index (χ0) is 12.1. The van der Waals surface area contributed by atoms with Gasteiger partial charge in [-0.1, -0.05) is 11.6 Å². The molecule has 1 aliphatic carbocycles. The van der Waals surface area contributed by atoms with Crippen LogP contribution in [0.3, 0.4) is 0 Å². The Morgan fingerprint density at radius 2 is 2.12 bits per heavy atom. The van der Waals surface area contributed by atoms with Gasteiger partial charge in [-0.3, -0.25) is 4.68 Å². The second kappa shape index (κ2) is 3.48. The number of aryl methyl sites for hydroxylation is 1. The average molecular weight is 243 g/mol. The lowest BCUT2D eigenvalue weighted by atomic mass is 9.96. The lowest BCUT2D eigenvalue weighted by Crippen LogP contribution is -2.42. The Balaban J connectivity index is 2.55. The van der Waals surface area contributed by atoms with E-state index in [1.54, 1.807) is 18.5 Å². The largest absolute Gasteiger partial charge is 0.479 e. The molecule has 0 spiro atoms. The van der Waals surface area contributed by atoms with Crippen molar-refractivity contribution in [2.45, 2.75) is 39.2 Å². The van der Waals surface area contributed by atoms with Crippen LogP contribution in [0.2, 0.25) is 5.02 Å². The predicted molar refractivity (Wildman–Crippen MR) is 60.7 cm³/mol. The van der Waals surface area contributed by atoms with E-state index in [9.17, 15) is 9.90 Å². The molecule has 1 aliphatic rings. The summed E-state index contributed by atoms with van der Waals surface area (Å²) in [6.45, 7) is 5.33. The summed E-state index contributed by atoms with van der Waals surface area (Å²) in [6, 6.07) is 0. The Hall–Kier alpha value is -1.03. The summed E-state index contributed by atoms with van der Waals surface area (Å²) in [5.41, 5.74) is 0.463. The van der Waals surface area contributed by atoms with Gasteiger partial charge in [0.1, 0.15) is 0 Å². The molecular weight excluding hydrogens is 228 g/mol. The molecule has 1 saturated carbocycles. The van der Waals surface area contributed by atoms with Gasteiger partial charge < -0.3 is 5.11 Å². The summed E-state index contributed by atoms with van der Waals surface area (Å²) in [7, 11) is 0. The zero-order valence-electron chi connectivity index (χ0n) is 9.62. The Bertz CT molecular complexity index is 451. The standard InChI is InChI=1S/C11H15ClN2O2/c1-6-9(12)7(2)14(13-6)11(3,10(15)16)8-4-5-8/h8H,4-5H2,1-3H3,(H,15,16). The van der Waals surface area contributed by atoms with Crippen molar-refractivity contribution in [1.82, 2.24) is 9.78 Å². The van der Waals surface area contributed by atoms with Crippen LogP contribution in [0, 0.1) is 19.8 Å². The first-order chi connectivity index (χ1) is 7.39. The minimum atomic E-state index is -0.956. The number of hydrogen-bond acceptors (Lipinski definition) is 2. The second-order valence-electron chi connectivity index (χ2n) is 4.62. The SMILES string of the molecule is Cc1nn(C(C)(C(=O)O)C2CC2)c(C)c1Cl. The zero-order valence-corrected chi connectivity index (χ0v) is 10.4. The first-order valence-corrected chi connectivity index (χ1v) is 5.72. The average Bonchev–Trinajstić information content (AvgIpc) is 3.02. The van der Waals surface area contributed by atoms with Crippen LogP contribution in [-0.4, -0.2) is 20.9 Å². The molecule has 1 aromatic heterocycles. The summed E-state index contributed by atoms with van der Waals surface area (Å²) >= 11 is 6.06. The Labute approximate surface area is 99.2 Å². The van der Waals surface area contributed by atoms with Gasteiger partial charge in [-0.05, 0) is 39.5 Å². The van der Waals surface area contributed by atoms with E-state index < -0.39 is 11.5 Å². The molecule has 0 radical (unpaired) electrons. The van der Waals surface area contributed by atoms with Crippen LogP contribution in [0.1, 0.15) is 31.2 Å². The third-order valence-corrected chi connectivity index (χ3v) is 4.00. The normalized spacial score (nSPS) is 19.5. The molecule has 1 fully saturated rings. The van der Waals surface area contributed by atoms with Crippen LogP contribution in [0.4, 0.5) is 0 Å². The molecule has 0 amide bonds. The van der Waals surface area contributed by atoms with E-state index in [0.717, 1.165) is 18.5 Å². The van der Waals surface area contributed by atoms with E-state index in [4.69, 9.17) is 11.6 Å². The Kier molecular flexibility index (Phi) is 2.49. The van der Waals surface area contributed by atoms with Gasteiger partial charge >= 0.3 is 5.97 Å². The summed E-state index contributed by atoms with van der Waals surface area (Å²) in [4.78, 5) is 11.5. The molecule has 1 aromatic rings. The number of carboxylic acid groups (broad SMARTS) is 1. The highest BCUT2D eigenvalue weighted by Gasteiger charge is 2.50. The van der Waals surface area contributed by atoms with Gasteiger partial charge in [-0.25, -0.2) is 4.79 Å². The minimum absolute atomic E-state index is 0.166. The van der Waals surface area contributed by atoms with Crippen LogP contribution in [0.25, 0.3) is 0 Å². The molecule has 5 heteroatoms. The van der Waals surface area contributed by atoms with Gasteiger partial charge in [0, 0.05) is 0 Å². The third-order valence-electron chi connectivity index (χ3n) is 3.45. The maximum Gasteiger partial charge on any atom is 0.331 e. The van der Waals surface area contributed by atoms with Crippen molar-refractivity contribution >= 4 is 17.6 Å². The highest BCUT2D eigenvalue weighted by Crippen LogP contribution is 2.45. The summed E-state index contributed by atoms with van der Waals surface area (Å²) in [5, 5.41) is 14.2. The van der Waals surface area contributed by atoms with E-state index in [1.165, 1.54) is 0 Å². The number of hydrogen-bond donors (Lipinski definition) is 1. The van der Waals surface area contributed by atoms with Crippen molar-refractivity contribution in [3.63, 3.8) is 0 Å². The molecule has 16 heavy (non-hydrogen) atoms. The molecule has 1 atom stereocenters. The first kappa shape index (κ1) is 11.5. The van der Waals surface area contributed by atoms with E-state index in [0.29, 0.717) is 10.7 Å². The molecule has 1 unspecified atom stereocenters. The van der Waals surface area contributed by atoms with Crippen molar-refractivity contribution in [3.05, 3.63) is 16.4 Å². The molecule has 0 aliphatic heterocycles. The molecule has 1 N–H and O–H groups in total. The van der Waals surface area contributed by atoms with Crippen LogP contribution >= 0.6 is 11.6 Å². The van der Waals surface area contributed by atoms with Gasteiger partial charge in [-0.2, -0.15) is 5.10 Å². The molecule has 88 valence electrons. The summed E-state index contributed by atoms with van der Waals surface area (Å²) < 4.78 is 1.57. The Morgan fingerprint density at radius 1 is 1.56 bits per heavy atom. The fraction of sp³-hybridized carbons (Fsp3) is 0.636. The van der Waals surface area contributed by atoms with Crippen LogP contribution in [0.5, 0.6) is 0 Å². The van der Waals surface area contributed by atoms with E-state index in [1.807, 2.05) is 6.92 Å². The van der Waals surface area contributed by atoms with Crippen molar-refractivity contribution in [2.75, 3.05) is 0 Å². The lowest BCUT2D eigenvalue weighted by Gasteiger charge is -2.26. The third kappa shape index (κ3) is 1.44. The monoisotopic (exact) mass is 242 g/mol. The quantitative estimate of drug-likeness (QED) is 0.885. The molecule has 1 heterocycles. The number of nitrogens with zero attached hydrogens (tertiary/aromatic N) is 2. The summed E-state index contributed by atoms with van der Waals surface area (Å²) in [6.07, 6.45) is 1.89. The highest BCUT2D eigenvalue weighted by molar-refractivity contribution is 6.31. The topological polar surface area (TPSA) is 55.1 Å². The maximum atomic E-state index is 11.5. The van der Waals surface area contributed by atoms with Gasteiger partial charge in [-0.15, -0.1) is 0 Å². The van der Waals surface area contributed by atoms with E-state index in [-0.39, 0.29) is 5.92 Å². The smallest absolute Gasteiger partial charge is 0.331 e.